The second-order valence-electron chi connectivity index (χ2n) is 32.0. The molecule has 0 aliphatic heterocycles. The smallest absolute Gasteiger partial charge is 0.246 e. The number of nitrogens with one attached hydrogen (secondary N) is 9. The topological polar surface area (TPSA) is 240 Å². The summed E-state index contributed by atoms with van der Waals surface area (Å²) in [5.74, 6) is -0.0705. The molecule has 0 unspecified atom stereocenters. The standard InChI is InChI=1S/C14H30N2O3.C13H19NO2.C13H27NO.C11H24N2O2.C11H16O.C7H16N2O.C6H15N/c1-13(2,3)19-11-12(17)16-8-10-18-9-7-14(4,5)15-6;1-13(2,3)16-10-12(15)14-9-11-7-5-4-6-8-11;1-7-13(5,6)8-9-14-11(15)10-12(2,3)4;1-10(2,3)15-7-9(14)13-8-11(4,5)12-6;1-11(2,3)12-9-10-7-5-4-6-8-10;1-6(10)9-5-7(2,3)8-4;1-5-6(2,3)7-4/h15H,7-11H2,1-6H3,(H,16,17);4-8H,9-10H2,1-3H3,(H,14,15);7-10H2,1-6H3,(H,14,15);12H,7-8H2,1-6H3,(H,13,14);4-8H,9H2,1-3H3;8H,5H2,1-4H3,(H,9,10);7H,5H2,1-4H3. The Bertz CT molecular complexity index is 2240. The lowest BCUT2D eigenvalue weighted by Crippen LogP contribution is -2.48. The monoisotopic (exact) mass is 1330 g/mol. The minimum atomic E-state index is -0.285. The quantitative estimate of drug-likeness (QED) is 0.0331. The maximum atomic E-state index is 11.5. The fourth-order valence-electron chi connectivity index (χ4n) is 5.77. The molecule has 19 nitrogen and oxygen atoms in total. The summed E-state index contributed by atoms with van der Waals surface area (Å²) in [6.07, 6.45) is 4.94. The highest BCUT2D eigenvalue weighted by Gasteiger charge is 2.21. The first-order valence-electron chi connectivity index (χ1n) is 33.9. The van der Waals surface area contributed by atoms with Gasteiger partial charge in [-0.15, -0.1) is 0 Å². The first kappa shape index (κ1) is 98.1. The Morgan fingerprint density at radius 3 is 1.11 bits per heavy atom. The van der Waals surface area contributed by atoms with E-state index in [-0.39, 0.29) is 93.8 Å². The number of ether oxygens (including phenoxy) is 5. The van der Waals surface area contributed by atoms with Gasteiger partial charge in [0.2, 0.25) is 29.5 Å². The zero-order valence-electron chi connectivity index (χ0n) is 66.2. The molecule has 0 radical (unpaired) electrons. The maximum absolute atomic E-state index is 11.5. The lowest BCUT2D eigenvalue weighted by Gasteiger charge is -2.25. The van der Waals surface area contributed by atoms with Gasteiger partial charge in [0.25, 0.3) is 0 Å². The summed E-state index contributed by atoms with van der Waals surface area (Å²) in [5, 5.41) is 26.7. The summed E-state index contributed by atoms with van der Waals surface area (Å²) >= 11 is 0. The van der Waals surface area contributed by atoms with Gasteiger partial charge in [-0.1, -0.05) is 116 Å². The van der Waals surface area contributed by atoms with E-state index in [1.165, 1.54) is 18.9 Å². The number of carbonyl (C=O) groups is 5. The lowest BCUT2D eigenvalue weighted by atomic mass is 9.86. The van der Waals surface area contributed by atoms with Gasteiger partial charge in [-0.2, -0.15) is 0 Å². The van der Waals surface area contributed by atoms with Crippen molar-refractivity contribution in [3.63, 3.8) is 0 Å². The summed E-state index contributed by atoms with van der Waals surface area (Å²) in [5.41, 5.74) is 2.20. The van der Waals surface area contributed by atoms with Gasteiger partial charge in [0.05, 0.1) is 35.6 Å². The molecule has 0 aromatic heterocycles. The highest BCUT2D eigenvalue weighted by Crippen LogP contribution is 2.24. The Labute approximate surface area is 576 Å². The number of amides is 5. The number of hydrogen-bond donors (Lipinski definition) is 9. The number of benzene rings is 2. The third-order valence-corrected chi connectivity index (χ3v) is 14.1. The molecule has 2 rings (SSSR count). The molecule has 0 fully saturated rings. The molecule has 552 valence electrons. The summed E-state index contributed by atoms with van der Waals surface area (Å²) in [4.78, 5) is 56.2. The van der Waals surface area contributed by atoms with Crippen molar-refractivity contribution in [3.05, 3.63) is 71.8 Å². The van der Waals surface area contributed by atoms with Crippen LogP contribution in [-0.2, 0) is 60.8 Å². The zero-order chi connectivity index (χ0) is 74.3. The van der Waals surface area contributed by atoms with E-state index in [4.69, 9.17) is 23.7 Å². The van der Waals surface area contributed by atoms with E-state index in [0.29, 0.717) is 63.4 Å². The van der Waals surface area contributed by atoms with Crippen molar-refractivity contribution < 1.29 is 47.7 Å². The van der Waals surface area contributed by atoms with Crippen molar-refractivity contribution in [1.82, 2.24) is 47.9 Å². The predicted octanol–water partition coefficient (Wildman–Crippen LogP) is 12.2. The molecule has 0 aliphatic carbocycles. The molecule has 0 atom stereocenters. The van der Waals surface area contributed by atoms with Crippen LogP contribution in [0.1, 0.15) is 237 Å². The highest BCUT2D eigenvalue weighted by molar-refractivity contribution is 5.78. The maximum Gasteiger partial charge on any atom is 0.246 e. The van der Waals surface area contributed by atoms with Gasteiger partial charge >= 0.3 is 0 Å². The average molecular weight is 1340 g/mol. The van der Waals surface area contributed by atoms with Crippen molar-refractivity contribution in [1.29, 1.82) is 0 Å². The van der Waals surface area contributed by atoms with Crippen molar-refractivity contribution in [2.45, 2.75) is 284 Å². The number of rotatable bonds is 30. The molecule has 5 amide bonds. The molecule has 9 N–H and O–H groups in total. The summed E-state index contributed by atoms with van der Waals surface area (Å²) < 4.78 is 27.2. The van der Waals surface area contributed by atoms with Crippen LogP contribution >= 0.6 is 0 Å². The van der Waals surface area contributed by atoms with Crippen LogP contribution in [0.3, 0.4) is 0 Å². The first-order valence-corrected chi connectivity index (χ1v) is 33.9. The van der Waals surface area contributed by atoms with E-state index in [1.807, 2.05) is 167 Å². The summed E-state index contributed by atoms with van der Waals surface area (Å²) in [6, 6.07) is 20.0. The molecule has 0 bridgehead atoms. The molecule has 2 aromatic rings. The SMILES string of the molecule is CC(C)(C)OCC(=O)NCc1ccccc1.CC(C)(C)OCc1ccccc1.CCC(C)(C)CCNC(=O)CC(C)(C)C.CCC(C)(C)NC.CNC(C)(C)CCOCCNC(=O)COC(C)(C)C.CNC(C)(C)CNC(=O)COC(C)(C)C.CNC(C)(C)CNC(C)=O. The molecular weight excluding hydrogens is 1190 g/mol. The zero-order valence-corrected chi connectivity index (χ0v) is 66.2. The highest BCUT2D eigenvalue weighted by atomic mass is 16.5. The van der Waals surface area contributed by atoms with Gasteiger partial charge in [0.1, 0.15) is 19.8 Å². The molecule has 0 saturated heterocycles. The Balaban J connectivity index is -0.000000333. The van der Waals surface area contributed by atoms with Crippen LogP contribution in [0.2, 0.25) is 0 Å². The molecule has 0 aliphatic rings. The van der Waals surface area contributed by atoms with Crippen molar-refractivity contribution in [2.24, 2.45) is 10.8 Å². The van der Waals surface area contributed by atoms with Crippen LogP contribution in [0.25, 0.3) is 0 Å². The van der Waals surface area contributed by atoms with Gasteiger partial charge < -0.3 is 71.5 Å². The lowest BCUT2D eigenvalue weighted by molar-refractivity contribution is -0.131. The number of likely N-dealkylation sites (N-methyl/N-ethyl adjacent to an activating group) is 2. The van der Waals surface area contributed by atoms with Crippen LogP contribution in [-0.4, -0.2) is 161 Å². The number of carbonyl (C=O) groups excluding carboxylic acids is 5. The largest absolute Gasteiger partial charge is 0.380 e. The molecule has 0 saturated carbocycles. The van der Waals surface area contributed by atoms with Crippen molar-refractivity contribution in [2.75, 3.05) is 87.4 Å². The third kappa shape index (κ3) is 76.4. The Hall–Kier alpha value is -4.57. The normalized spacial score (nSPS) is 12.0. The van der Waals surface area contributed by atoms with Crippen molar-refractivity contribution in [3.8, 4) is 0 Å². The van der Waals surface area contributed by atoms with Crippen LogP contribution in [0.5, 0.6) is 0 Å². The molecule has 94 heavy (non-hydrogen) atoms. The van der Waals surface area contributed by atoms with Crippen LogP contribution in [0.4, 0.5) is 0 Å². The minimum absolute atomic E-state index is 0.00826. The first-order chi connectivity index (χ1) is 42.6. The van der Waals surface area contributed by atoms with E-state index in [1.54, 1.807) is 0 Å². The van der Waals surface area contributed by atoms with E-state index in [0.717, 1.165) is 31.4 Å². The molecule has 19 heteroatoms. The van der Waals surface area contributed by atoms with Crippen LogP contribution < -0.4 is 47.9 Å². The van der Waals surface area contributed by atoms with E-state index < -0.39 is 0 Å². The Morgan fingerprint density at radius 2 is 0.755 bits per heavy atom. The van der Waals surface area contributed by atoms with Gasteiger partial charge in [-0.05, 0) is 208 Å². The molecule has 2 aromatic carbocycles. The van der Waals surface area contributed by atoms with Gasteiger partial charge in [-0.3, -0.25) is 24.0 Å². The molecule has 0 spiro atoms. The van der Waals surface area contributed by atoms with E-state index in [9.17, 15) is 24.0 Å². The second-order valence-corrected chi connectivity index (χ2v) is 32.0. The third-order valence-electron chi connectivity index (χ3n) is 14.1. The van der Waals surface area contributed by atoms with Crippen LogP contribution in [0.15, 0.2) is 60.7 Å². The fraction of sp³-hybridized carbons (Fsp3) is 0.773. The number of hydrogen-bond acceptors (Lipinski definition) is 14. The van der Waals surface area contributed by atoms with Gasteiger partial charge in [0, 0.05) is 74.8 Å². The van der Waals surface area contributed by atoms with Crippen LogP contribution in [0, 0.1) is 10.8 Å². The summed E-state index contributed by atoms with van der Waals surface area (Å²) in [6.45, 7) is 62.3. The summed E-state index contributed by atoms with van der Waals surface area (Å²) in [7, 11) is 7.68. The van der Waals surface area contributed by atoms with Crippen molar-refractivity contribution >= 4 is 29.5 Å². The van der Waals surface area contributed by atoms with Gasteiger partial charge in [-0.25, -0.2) is 0 Å². The Kier molecular flexibility index (Phi) is 52.0. The minimum Gasteiger partial charge on any atom is -0.380 e. The fourth-order valence-corrected chi connectivity index (χ4v) is 5.77. The molecular formula is C75H147N9O10. The predicted molar refractivity (Wildman–Crippen MR) is 395 cm³/mol. The molecule has 0 heterocycles. The average Bonchev–Trinajstić information content (AvgIpc) is 2.91. The second kappa shape index (κ2) is 49.9. The van der Waals surface area contributed by atoms with Gasteiger partial charge in [0.15, 0.2) is 0 Å². The Morgan fingerprint density at radius 1 is 0.383 bits per heavy atom. The van der Waals surface area contributed by atoms with E-state index >= 15 is 0 Å². The van der Waals surface area contributed by atoms with E-state index in [2.05, 4.69) is 157 Å².